The Bertz CT molecular complexity index is 662. The molecule has 0 radical (unpaired) electrons. The second-order valence-corrected chi connectivity index (χ2v) is 4.94. The average Bonchev–Trinajstić information content (AvgIpc) is 2.50. The van der Waals surface area contributed by atoms with Gasteiger partial charge in [-0.1, -0.05) is 29.8 Å². The lowest BCUT2D eigenvalue weighted by Crippen LogP contribution is -2.34. The number of hydrogen-bond acceptors (Lipinski definition) is 3. The Morgan fingerprint density at radius 2 is 1.90 bits per heavy atom. The van der Waals surface area contributed by atoms with Crippen LogP contribution in [0.4, 0.5) is 5.69 Å². The molecular formula is C15H13ClN2O2S. The molecule has 0 spiro atoms. The third-order valence-corrected chi connectivity index (χ3v) is 3.22. The van der Waals surface area contributed by atoms with E-state index in [1.54, 1.807) is 49.6 Å². The number of anilines is 1. The van der Waals surface area contributed by atoms with Gasteiger partial charge in [-0.3, -0.25) is 10.1 Å². The number of carbonyl (C=O) groups is 1. The van der Waals surface area contributed by atoms with Gasteiger partial charge in [-0.25, -0.2) is 0 Å². The van der Waals surface area contributed by atoms with Crippen LogP contribution in [0.5, 0.6) is 5.75 Å². The maximum absolute atomic E-state index is 12.0. The number of methoxy groups -OCH3 is 1. The minimum absolute atomic E-state index is 0.166. The van der Waals surface area contributed by atoms with Gasteiger partial charge in [0.05, 0.1) is 17.8 Å². The molecule has 2 N–H and O–H groups in total. The Hall–Kier alpha value is -2.11. The molecule has 0 atom stereocenters. The van der Waals surface area contributed by atoms with E-state index in [1.165, 1.54) is 0 Å². The van der Waals surface area contributed by atoms with Crippen LogP contribution in [-0.4, -0.2) is 18.1 Å². The Balaban J connectivity index is 2.04. The van der Waals surface area contributed by atoms with E-state index in [0.29, 0.717) is 22.0 Å². The molecule has 0 unspecified atom stereocenters. The molecule has 0 aromatic heterocycles. The summed E-state index contributed by atoms with van der Waals surface area (Å²) in [7, 11) is 1.56. The smallest absolute Gasteiger partial charge is 0.257 e. The first-order chi connectivity index (χ1) is 10.1. The highest BCUT2D eigenvalue weighted by molar-refractivity contribution is 7.80. The molecule has 2 aromatic rings. The van der Waals surface area contributed by atoms with E-state index >= 15 is 0 Å². The molecule has 0 aliphatic carbocycles. The Kier molecular flexibility index (Phi) is 5.14. The summed E-state index contributed by atoms with van der Waals surface area (Å²) in [5.41, 5.74) is 1.09. The van der Waals surface area contributed by atoms with Crippen molar-refractivity contribution in [3.63, 3.8) is 0 Å². The monoisotopic (exact) mass is 320 g/mol. The van der Waals surface area contributed by atoms with Gasteiger partial charge >= 0.3 is 0 Å². The lowest BCUT2D eigenvalue weighted by Gasteiger charge is -2.12. The summed E-state index contributed by atoms with van der Waals surface area (Å²) in [6, 6.07) is 13.9. The Labute approximate surface area is 133 Å². The number of carbonyl (C=O) groups excluding carboxylic acids is 1. The maximum Gasteiger partial charge on any atom is 0.257 e. The molecule has 6 heteroatoms. The fraction of sp³-hybridized carbons (Fsp3) is 0.0667. The molecule has 0 saturated heterocycles. The topological polar surface area (TPSA) is 50.4 Å². The van der Waals surface area contributed by atoms with Crippen LogP contribution in [0.1, 0.15) is 10.4 Å². The molecule has 0 aliphatic rings. The number of rotatable bonds is 3. The van der Waals surface area contributed by atoms with Crippen molar-refractivity contribution in [3.8, 4) is 5.75 Å². The van der Waals surface area contributed by atoms with Crippen molar-refractivity contribution in [1.29, 1.82) is 0 Å². The summed E-state index contributed by atoms with van der Waals surface area (Å²) >= 11 is 11.2. The van der Waals surface area contributed by atoms with Gasteiger partial charge < -0.3 is 10.1 Å². The van der Waals surface area contributed by atoms with E-state index in [2.05, 4.69) is 10.6 Å². The molecule has 2 aromatic carbocycles. The largest absolute Gasteiger partial charge is 0.497 e. The molecule has 4 nitrogen and oxygen atoms in total. The summed E-state index contributed by atoms with van der Waals surface area (Å²) in [6.07, 6.45) is 0. The maximum atomic E-state index is 12.0. The molecule has 2 rings (SSSR count). The van der Waals surface area contributed by atoms with Crippen molar-refractivity contribution < 1.29 is 9.53 Å². The van der Waals surface area contributed by atoms with Crippen molar-refractivity contribution in [3.05, 3.63) is 59.1 Å². The number of hydrogen-bond donors (Lipinski definition) is 2. The van der Waals surface area contributed by atoms with Gasteiger partial charge in [0, 0.05) is 11.6 Å². The number of nitrogens with one attached hydrogen (secondary N) is 2. The molecular weight excluding hydrogens is 308 g/mol. The van der Waals surface area contributed by atoms with Crippen LogP contribution in [-0.2, 0) is 0 Å². The standard InChI is InChI=1S/C15H13ClN2O2S/c1-20-11-7-8-12(16)13(9-11)17-15(21)18-14(19)10-5-3-2-4-6-10/h2-9H,1H3,(H2,17,18,19,21). The van der Waals surface area contributed by atoms with Gasteiger partial charge in [0.15, 0.2) is 5.11 Å². The number of thiocarbonyl (C=S) groups is 1. The highest BCUT2D eigenvalue weighted by Crippen LogP contribution is 2.26. The third-order valence-electron chi connectivity index (χ3n) is 2.68. The average molecular weight is 321 g/mol. The van der Waals surface area contributed by atoms with Crippen LogP contribution in [0.3, 0.4) is 0 Å². The zero-order valence-electron chi connectivity index (χ0n) is 11.2. The zero-order valence-corrected chi connectivity index (χ0v) is 12.8. The SMILES string of the molecule is COc1ccc(Cl)c(NC(=S)NC(=O)c2ccccc2)c1. The van der Waals surface area contributed by atoms with E-state index < -0.39 is 0 Å². The van der Waals surface area contributed by atoms with Gasteiger partial charge in [0.2, 0.25) is 0 Å². The fourth-order valence-electron chi connectivity index (χ4n) is 1.65. The van der Waals surface area contributed by atoms with Crippen LogP contribution < -0.4 is 15.4 Å². The molecule has 21 heavy (non-hydrogen) atoms. The predicted molar refractivity (Wildman–Crippen MR) is 88.1 cm³/mol. The quantitative estimate of drug-likeness (QED) is 0.850. The second kappa shape index (κ2) is 7.06. The van der Waals surface area contributed by atoms with Crippen LogP contribution >= 0.6 is 23.8 Å². The van der Waals surface area contributed by atoms with Crippen LogP contribution in [0.2, 0.25) is 5.02 Å². The number of ether oxygens (including phenoxy) is 1. The summed E-state index contributed by atoms with van der Waals surface area (Å²) in [5.74, 6) is 0.353. The van der Waals surface area contributed by atoms with Crippen molar-refractivity contribution in [2.75, 3.05) is 12.4 Å². The van der Waals surface area contributed by atoms with Gasteiger partial charge in [0.1, 0.15) is 5.75 Å². The molecule has 0 aliphatic heterocycles. The lowest BCUT2D eigenvalue weighted by molar-refractivity contribution is 0.0978. The summed E-state index contributed by atoms with van der Waals surface area (Å²) in [6.45, 7) is 0. The van der Waals surface area contributed by atoms with Crippen molar-refractivity contribution in [2.24, 2.45) is 0 Å². The number of benzene rings is 2. The third kappa shape index (κ3) is 4.18. The van der Waals surface area contributed by atoms with Crippen molar-refractivity contribution in [2.45, 2.75) is 0 Å². The van der Waals surface area contributed by atoms with Crippen LogP contribution in [0, 0.1) is 0 Å². The van der Waals surface area contributed by atoms with E-state index in [9.17, 15) is 4.79 Å². The van der Waals surface area contributed by atoms with Crippen LogP contribution in [0.25, 0.3) is 0 Å². The minimum Gasteiger partial charge on any atom is -0.497 e. The summed E-state index contributed by atoms with van der Waals surface area (Å²) in [4.78, 5) is 12.0. The Morgan fingerprint density at radius 3 is 2.57 bits per heavy atom. The van der Waals surface area contributed by atoms with Crippen molar-refractivity contribution in [1.82, 2.24) is 5.32 Å². The zero-order chi connectivity index (χ0) is 15.2. The van der Waals surface area contributed by atoms with E-state index in [4.69, 9.17) is 28.6 Å². The summed E-state index contributed by atoms with van der Waals surface area (Å²) < 4.78 is 5.11. The van der Waals surface area contributed by atoms with Crippen molar-refractivity contribution >= 4 is 40.5 Å². The van der Waals surface area contributed by atoms with E-state index in [0.717, 1.165) is 0 Å². The summed E-state index contributed by atoms with van der Waals surface area (Å²) in [5, 5.41) is 6.11. The minimum atomic E-state index is -0.285. The molecule has 0 heterocycles. The van der Waals surface area contributed by atoms with Gasteiger partial charge in [-0.2, -0.15) is 0 Å². The highest BCUT2D eigenvalue weighted by atomic mass is 35.5. The highest BCUT2D eigenvalue weighted by Gasteiger charge is 2.09. The fourth-order valence-corrected chi connectivity index (χ4v) is 2.01. The number of amides is 1. The Morgan fingerprint density at radius 1 is 1.19 bits per heavy atom. The number of halogens is 1. The van der Waals surface area contributed by atoms with Gasteiger partial charge in [-0.15, -0.1) is 0 Å². The first-order valence-electron chi connectivity index (χ1n) is 6.11. The molecule has 0 fully saturated rings. The van der Waals surface area contributed by atoms with E-state index in [-0.39, 0.29) is 11.0 Å². The normalized spacial score (nSPS) is 9.81. The van der Waals surface area contributed by atoms with Gasteiger partial charge in [-0.05, 0) is 36.5 Å². The second-order valence-electron chi connectivity index (χ2n) is 4.12. The van der Waals surface area contributed by atoms with Gasteiger partial charge in [0.25, 0.3) is 5.91 Å². The molecule has 1 amide bonds. The van der Waals surface area contributed by atoms with E-state index in [1.807, 2.05) is 6.07 Å². The van der Waals surface area contributed by atoms with Crippen LogP contribution in [0.15, 0.2) is 48.5 Å². The molecule has 0 bridgehead atoms. The molecule has 0 saturated carbocycles. The lowest BCUT2D eigenvalue weighted by atomic mass is 10.2. The first-order valence-corrected chi connectivity index (χ1v) is 6.89. The predicted octanol–water partition coefficient (Wildman–Crippen LogP) is 3.48. The first kappa shape index (κ1) is 15.3. The molecule has 108 valence electrons.